The number of hydrogen-bond donors (Lipinski definition) is 2. The second-order valence-electron chi connectivity index (χ2n) is 7.53. The van der Waals surface area contributed by atoms with Crippen LogP contribution in [0.25, 0.3) is 22.3 Å². The first-order valence-corrected chi connectivity index (χ1v) is 10.2. The highest BCUT2D eigenvalue weighted by atomic mass is 19.1. The minimum absolute atomic E-state index is 0.350. The van der Waals surface area contributed by atoms with Crippen LogP contribution in [0.1, 0.15) is 36.1 Å². The zero-order valence-corrected chi connectivity index (χ0v) is 16.4. The molecule has 30 heavy (non-hydrogen) atoms. The van der Waals surface area contributed by atoms with Crippen molar-refractivity contribution in [1.82, 2.24) is 20.2 Å². The molecule has 0 bridgehead atoms. The van der Waals surface area contributed by atoms with E-state index in [2.05, 4.69) is 15.5 Å². The van der Waals surface area contributed by atoms with Gasteiger partial charge in [0, 0.05) is 22.2 Å². The first-order chi connectivity index (χ1) is 14.7. The Kier molecular flexibility index (Phi) is 4.86. The number of benzene rings is 2. The predicted molar refractivity (Wildman–Crippen MR) is 113 cm³/mol. The largest absolute Gasteiger partial charge is 0.323 e. The SMILES string of the molecule is FCc1ccccc1-c1nc2c(c(Nc3n[nH]c4c(F)cccc34)n1)CCCCC2. The zero-order chi connectivity index (χ0) is 20.5. The lowest BCUT2D eigenvalue weighted by molar-refractivity contribution is 0.486. The van der Waals surface area contributed by atoms with Crippen LogP contribution in [0, 0.1) is 5.82 Å². The van der Waals surface area contributed by atoms with E-state index in [1.54, 1.807) is 12.1 Å². The molecule has 0 unspecified atom stereocenters. The van der Waals surface area contributed by atoms with E-state index in [0.717, 1.165) is 43.4 Å². The Morgan fingerprint density at radius 1 is 0.933 bits per heavy atom. The van der Waals surface area contributed by atoms with Gasteiger partial charge in [0.1, 0.15) is 23.8 Å². The molecule has 0 aliphatic heterocycles. The highest BCUT2D eigenvalue weighted by Crippen LogP contribution is 2.32. The molecule has 2 N–H and O–H groups in total. The molecule has 0 radical (unpaired) electrons. The highest BCUT2D eigenvalue weighted by Gasteiger charge is 2.20. The molecule has 1 aliphatic rings. The summed E-state index contributed by atoms with van der Waals surface area (Å²) < 4.78 is 27.6. The maximum absolute atomic E-state index is 14.1. The van der Waals surface area contributed by atoms with Gasteiger partial charge in [0.05, 0.1) is 0 Å². The molecule has 5 nitrogen and oxygen atoms in total. The third-order valence-electron chi connectivity index (χ3n) is 5.62. The third-order valence-corrected chi connectivity index (χ3v) is 5.62. The minimum atomic E-state index is -0.581. The summed E-state index contributed by atoms with van der Waals surface area (Å²) in [5.41, 5.74) is 3.64. The lowest BCUT2D eigenvalue weighted by Crippen LogP contribution is -2.08. The standard InChI is InChI=1S/C23H21F2N5/c24-13-14-7-4-5-8-15(14)21-26-19-12-3-1-2-9-16(19)22(27-21)28-23-17-10-6-11-18(25)20(17)29-30-23/h4-8,10-11H,1-3,9,12-13H2,(H2,26,27,28,29,30). The van der Waals surface area contributed by atoms with E-state index < -0.39 is 6.67 Å². The molecule has 0 fully saturated rings. The topological polar surface area (TPSA) is 66.5 Å². The summed E-state index contributed by atoms with van der Waals surface area (Å²) in [5, 5.41) is 11.0. The van der Waals surface area contributed by atoms with Crippen molar-refractivity contribution < 1.29 is 8.78 Å². The van der Waals surface area contributed by atoms with E-state index in [1.807, 2.05) is 24.3 Å². The average Bonchev–Trinajstić information content (AvgIpc) is 3.03. The monoisotopic (exact) mass is 405 g/mol. The van der Waals surface area contributed by atoms with Gasteiger partial charge in [-0.15, -0.1) is 0 Å². The van der Waals surface area contributed by atoms with Crippen LogP contribution in [0.15, 0.2) is 42.5 Å². The lowest BCUT2D eigenvalue weighted by Gasteiger charge is -2.15. The summed E-state index contributed by atoms with van der Waals surface area (Å²) in [4.78, 5) is 9.59. The van der Waals surface area contributed by atoms with E-state index in [0.29, 0.717) is 39.5 Å². The molecular formula is C23H21F2N5. The normalized spacial score (nSPS) is 13.8. The smallest absolute Gasteiger partial charge is 0.162 e. The van der Waals surface area contributed by atoms with Crippen LogP contribution < -0.4 is 5.32 Å². The second kappa shape index (κ2) is 7.82. The molecule has 0 amide bonds. The number of aromatic amines is 1. The van der Waals surface area contributed by atoms with E-state index in [-0.39, 0.29) is 5.82 Å². The Labute approximate surface area is 172 Å². The van der Waals surface area contributed by atoms with Crippen LogP contribution in [-0.2, 0) is 19.5 Å². The van der Waals surface area contributed by atoms with Gasteiger partial charge in [-0.2, -0.15) is 5.10 Å². The Morgan fingerprint density at radius 2 is 1.80 bits per heavy atom. The molecule has 4 aromatic rings. The number of halogens is 2. The van der Waals surface area contributed by atoms with Crippen LogP contribution >= 0.6 is 0 Å². The number of anilines is 2. The predicted octanol–water partition coefficient (Wildman–Crippen LogP) is 5.64. The van der Waals surface area contributed by atoms with E-state index in [4.69, 9.17) is 9.97 Å². The van der Waals surface area contributed by atoms with E-state index >= 15 is 0 Å². The van der Waals surface area contributed by atoms with Crippen molar-refractivity contribution in [2.24, 2.45) is 0 Å². The second-order valence-corrected chi connectivity index (χ2v) is 7.53. The fraction of sp³-hybridized carbons (Fsp3) is 0.261. The van der Waals surface area contributed by atoms with Gasteiger partial charge in [-0.3, -0.25) is 5.10 Å². The number of nitrogens with zero attached hydrogens (tertiary/aromatic N) is 3. The van der Waals surface area contributed by atoms with Crippen LogP contribution in [0.4, 0.5) is 20.4 Å². The first-order valence-electron chi connectivity index (χ1n) is 10.2. The van der Waals surface area contributed by atoms with Gasteiger partial charge in [0.15, 0.2) is 11.6 Å². The molecule has 5 rings (SSSR count). The number of aromatic nitrogens is 4. The molecule has 2 aromatic carbocycles. The van der Waals surface area contributed by atoms with Crippen molar-refractivity contribution in [3.63, 3.8) is 0 Å². The molecule has 2 heterocycles. The highest BCUT2D eigenvalue weighted by molar-refractivity contribution is 5.91. The number of alkyl halides is 1. The number of H-pyrrole nitrogens is 1. The quantitative estimate of drug-likeness (QED) is 0.431. The van der Waals surface area contributed by atoms with Gasteiger partial charge in [-0.05, 0) is 43.4 Å². The molecule has 0 spiro atoms. The molecular weight excluding hydrogens is 384 g/mol. The van der Waals surface area contributed by atoms with Crippen LogP contribution in [0.2, 0.25) is 0 Å². The molecule has 2 aromatic heterocycles. The summed E-state index contributed by atoms with van der Waals surface area (Å²) in [5.74, 6) is 1.31. The van der Waals surface area contributed by atoms with Crippen molar-refractivity contribution in [1.29, 1.82) is 0 Å². The average molecular weight is 405 g/mol. The van der Waals surface area contributed by atoms with Gasteiger partial charge < -0.3 is 5.32 Å². The van der Waals surface area contributed by atoms with Crippen molar-refractivity contribution in [2.45, 2.75) is 38.8 Å². The lowest BCUT2D eigenvalue weighted by atomic mass is 10.1. The fourth-order valence-electron chi connectivity index (χ4n) is 4.06. The summed E-state index contributed by atoms with van der Waals surface area (Å²) in [6.07, 6.45) is 4.96. The van der Waals surface area contributed by atoms with Crippen molar-refractivity contribution >= 4 is 22.5 Å². The zero-order valence-electron chi connectivity index (χ0n) is 16.4. The summed E-state index contributed by atoms with van der Waals surface area (Å²) in [7, 11) is 0. The van der Waals surface area contributed by atoms with Gasteiger partial charge in [-0.25, -0.2) is 18.7 Å². The Balaban J connectivity index is 1.65. The third kappa shape index (κ3) is 3.30. The van der Waals surface area contributed by atoms with Gasteiger partial charge >= 0.3 is 0 Å². The Morgan fingerprint density at radius 3 is 2.70 bits per heavy atom. The van der Waals surface area contributed by atoms with Crippen molar-refractivity contribution in [3.05, 3.63) is 65.1 Å². The number of rotatable bonds is 4. The van der Waals surface area contributed by atoms with Gasteiger partial charge in [0.25, 0.3) is 0 Å². The number of hydrogen-bond acceptors (Lipinski definition) is 4. The molecule has 7 heteroatoms. The van der Waals surface area contributed by atoms with Crippen LogP contribution in [0.3, 0.4) is 0 Å². The molecule has 0 atom stereocenters. The number of para-hydroxylation sites is 1. The number of nitrogens with one attached hydrogen (secondary N) is 2. The summed E-state index contributed by atoms with van der Waals surface area (Å²) in [6.45, 7) is -0.581. The van der Waals surface area contributed by atoms with Crippen LogP contribution in [0.5, 0.6) is 0 Å². The van der Waals surface area contributed by atoms with E-state index in [1.165, 1.54) is 6.07 Å². The van der Waals surface area contributed by atoms with Gasteiger partial charge in [0.2, 0.25) is 0 Å². The Hall–Kier alpha value is -3.35. The number of fused-ring (bicyclic) bond motifs is 2. The maximum Gasteiger partial charge on any atom is 0.162 e. The van der Waals surface area contributed by atoms with Gasteiger partial charge in [-0.1, -0.05) is 36.8 Å². The van der Waals surface area contributed by atoms with E-state index in [9.17, 15) is 8.78 Å². The molecule has 1 aliphatic carbocycles. The number of aryl methyl sites for hydroxylation is 1. The van der Waals surface area contributed by atoms with Crippen LogP contribution in [-0.4, -0.2) is 20.2 Å². The fourth-order valence-corrected chi connectivity index (χ4v) is 4.06. The summed E-state index contributed by atoms with van der Waals surface area (Å²) >= 11 is 0. The van der Waals surface area contributed by atoms with Crippen molar-refractivity contribution in [3.8, 4) is 11.4 Å². The maximum atomic E-state index is 14.1. The first kappa shape index (κ1) is 18.7. The molecule has 0 saturated heterocycles. The molecule has 0 saturated carbocycles. The Bertz CT molecular complexity index is 1220. The van der Waals surface area contributed by atoms with Crippen molar-refractivity contribution in [2.75, 3.05) is 5.32 Å². The summed E-state index contributed by atoms with van der Waals surface area (Å²) in [6, 6.07) is 12.1. The molecule has 152 valence electrons. The minimum Gasteiger partial charge on any atom is -0.323 e.